The second-order valence-corrected chi connectivity index (χ2v) is 7.76. The Kier molecular flexibility index (Phi) is 8.65. The lowest BCUT2D eigenvalue weighted by atomic mass is 10.1. The molecule has 34 heavy (non-hydrogen) atoms. The van der Waals surface area contributed by atoms with Crippen molar-refractivity contribution in [2.75, 3.05) is 20.8 Å². The first-order valence-corrected chi connectivity index (χ1v) is 10.8. The predicted octanol–water partition coefficient (Wildman–Crippen LogP) is 4.12. The Bertz CT molecular complexity index is 1150. The van der Waals surface area contributed by atoms with Gasteiger partial charge in [0, 0.05) is 22.6 Å². The van der Waals surface area contributed by atoms with Gasteiger partial charge >= 0.3 is 5.97 Å². The van der Waals surface area contributed by atoms with Crippen LogP contribution in [0.4, 0.5) is 0 Å². The molecule has 1 atom stereocenters. The number of methoxy groups -OCH3 is 2. The van der Waals surface area contributed by atoms with Gasteiger partial charge in [-0.2, -0.15) is 0 Å². The first-order chi connectivity index (χ1) is 16.4. The van der Waals surface area contributed by atoms with Gasteiger partial charge in [0.2, 0.25) is 0 Å². The van der Waals surface area contributed by atoms with Gasteiger partial charge in [0.05, 0.1) is 14.2 Å². The fourth-order valence-corrected chi connectivity index (χ4v) is 3.34. The van der Waals surface area contributed by atoms with Gasteiger partial charge in [-0.1, -0.05) is 41.9 Å². The molecular weight excluding hydrogens is 458 g/mol. The zero-order valence-electron chi connectivity index (χ0n) is 18.7. The first kappa shape index (κ1) is 24.8. The lowest BCUT2D eigenvalue weighted by molar-refractivity contribution is -0.144. The quantitative estimate of drug-likeness (QED) is 0.346. The number of ketones is 1. The van der Waals surface area contributed by atoms with Gasteiger partial charge in [-0.25, -0.2) is 4.79 Å². The summed E-state index contributed by atoms with van der Waals surface area (Å²) in [7, 11) is 2.96. The number of esters is 1. The summed E-state index contributed by atoms with van der Waals surface area (Å²) in [4.78, 5) is 38.2. The number of halogens is 1. The van der Waals surface area contributed by atoms with Crippen molar-refractivity contribution >= 4 is 29.3 Å². The fraction of sp³-hybridized carbons (Fsp3) is 0.192. The molecule has 0 heterocycles. The molecule has 0 aromatic heterocycles. The van der Waals surface area contributed by atoms with E-state index < -0.39 is 24.5 Å². The summed E-state index contributed by atoms with van der Waals surface area (Å²) in [6.07, 6.45) is 0.188. The molecule has 0 aliphatic carbocycles. The zero-order valence-corrected chi connectivity index (χ0v) is 19.5. The Labute approximate surface area is 202 Å². The van der Waals surface area contributed by atoms with E-state index in [1.54, 1.807) is 36.4 Å². The molecule has 0 radical (unpaired) electrons. The minimum absolute atomic E-state index is 0.188. The third-order valence-corrected chi connectivity index (χ3v) is 5.28. The van der Waals surface area contributed by atoms with Crippen LogP contribution in [0.3, 0.4) is 0 Å². The van der Waals surface area contributed by atoms with Crippen molar-refractivity contribution < 1.29 is 28.6 Å². The van der Waals surface area contributed by atoms with Crippen LogP contribution >= 0.6 is 11.6 Å². The predicted molar refractivity (Wildman–Crippen MR) is 128 cm³/mol. The summed E-state index contributed by atoms with van der Waals surface area (Å²) in [5.41, 5.74) is 1.47. The third-order valence-electron chi connectivity index (χ3n) is 5.03. The van der Waals surface area contributed by atoms with Gasteiger partial charge in [0.15, 0.2) is 23.9 Å². The molecule has 0 saturated carbocycles. The number of carbonyl (C=O) groups excluding carboxylic acids is 3. The number of nitrogens with one attached hydrogen (secondary N) is 1. The Morgan fingerprint density at radius 3 is 2.15 bits per heavy atom. The van der Waals surface area contributed by atoms with E-state index in [2.05, 4.69) is 5.32 Å². The smallest absolute Gasteiger partial charge is 0.329 e. The molecule has 176 valence electrons. The van der Waals surface area contributed by atoms with Crippen molar-refractivity contribution in [3.63, 3.8) is 0 Å². The monoisotopic (exact) mass is 481 g/mol. The van der Waals surface area contributed by atoms with Gasteiger partial charge in [-0.05, 0) is 48.0 Å². The number of carbonyl (C=O) groups is 3. The molecule has 7 nitrogen and oxygen atoms in total. The Morgan fingerprint density at radius 2 is 1.50 bits per heavy atom. The highest BCUT2D eigenvalue weighted by molar-refractivity contribution is 6.30. The van der Waals surface area contributed by atoms with Crippen LogP contribution in [0, 0.1) is 0 Å². The standard InChI is InChI=1S/C26H24ClNO6/c1-32-23-13-10-19(15-24(23)33-2)25(30)28-21(14-17-6-4-3-5-7-17)26(31)34-16-22(29)18-8-11-20(27)12-9-18/h3-13,15,21H,14,16H2,1-2H3,(H,28,30). The molecule has 1 unspecified atom stereocenters. The lowest BCUT2D eigenvalue weighted by Crippen LogP contribution is -2.43. The molecule has 3 rings (SSSR count). The van der Waals surface area contributed by atoms with Crippen molar-refractivity contribution in [1.29, 1.82) is 0 Å². The van der Waals surface area contributed by atoms with Crippen LogP contribution in [-0.4, -0.2) is 44.5 Å². The number of hydrogen-bond donors (Lipinski definition) is 1. The number of rotatable bonds is 10. The van der Waals surface area contributed by atoms with Gasteiger partial charge < -0.3 is 19.5 Å². The summed E-state index contributed by atoms with van der Waals surface area (Å²) in [5.74, 6) is -0.747. The van der Waals surface area contributed by atoms with Gasteiger partial charge in [-0.15, -0.1) is 0 Å². The van der Waals surface area contributed by atoms with Crippen LogP contribution < -0.4 is 14.8 Å². The number of hydrogen-bond acceptors (Lipinski definition) is 6. The van der Waals surface area contributed by atoms with Gasteiger partial charge in [0.1, 0.15) is 6.04 Å². The van der Waals surface area contributed by atoms with Crippen molar-refractivity contribution in [3.8, 4) is 11.5 Å². The van der Waals surface area contributed by atoms with Gasteiger partial charge in [0.25, 0.3) is 5.91 Å². The second kappa shape index (κ2) is 11.9. The van der Waals surface area contributed by atoms with Crippen LogP contribution in [0.25, 0.3) is 0 Å². The summed E-state index contributed by atoms with van der Waals surface area (Å²) in [6, 6.07) is 19.1. The number of ether oxygens (including phenoxy) is 3. The molecule has 0 bridgehead atoms. The molecule has 0 spiro atoms. The summed E-state index contributed by atoms with van der Waals surface area (Å²) in [5, 5.41) is 3.20. The number of Topliss-reactive ketones (excluding diaryl/α,β-unsaturated/α-hetero) is 1. The normalized spacial score (nSPS) is 11.3. The van der Waals surface area contributed by atoms with E-state index in [4.69, 9.17) is 25.8 Å². The van der Waals surface area contributed by atoms with E-state index in [9.17, 15) is 14.4 Å². The highest BCUT2D eigenvalue weighted by Crippen LogP contribution is 2.27. The van der Waals surface area contributed by atoms with E-state index >= 15 is 0 Å². The van der Waals surface area contributed by atoms with Crippen molar-refractivity contribution in [3.05, 3.63) is 94.5 Å². The SMILES string of the molecule is COc1ccc(C(=O)NC(Cc2ccccc2)C(=O)OCC(=O)c2ccc(Cl)cc2)cc1OC. The van der Waals surface area contributed by atoms with E-state index in [1.807, 2.05) is 30.3 Å². The lowest BCUT2D eigenvalue weighted by Gasteiger charge is -2.18. The maximum Gasteiger partial charge on any atom is 0.329 e. The van der Waals surface area contributed by atoms with E-state index in [-0.39, 0.29) is 17.8 Å². The Hall–Kier alpha value is -3.84. The Balaban J connectivity index is 1.73. The fourth-order valence-electron chi connectivity index (χ4n) is 3.22. The largest absolute Gasteiger partial charge is 0.493 e. The third kappa shape index (κ3) is 6.59. The van der Waals surface area contributed by atoms with Crippen molar-refractivity contribution in [2.24, 2.45) is 0 Å². The zero-order chi connectivity index (χ0) is 24.5. The van der Waals surface area contributed by atoms with Crippen molar-refractivity contribution in [2.45, 2.75) is 12.5 Å². The molecule has 1 amide bonds. The van der Waals surface area contributed by atoms with Crippen LogP contribution in [0.1, 0.15) is 26.3 Å². The van der Waals surface area contributed by atoms with Crippen LogP contribution in [-0.2, 0) is 16.0 Å². The Morgan fingerprint density at radius 1 is 0.853 bits per heavy atom. The number of amides is 1. The topological polar surface area (TPSA) is 90.9 Å². The second-order valence-electron chi connectivity index (χ2n) is 7.32. The molecule has 0 fully saturated rings. The summed E-state index contributed by atoms with van der Waals surface area (Å²) >= 11 is 5.85. The first-order valence-electron chi connectivity index (χ1n) is 10.4. The maximum absolute atomic E-state index is 12.9. The van der Waals surface area contributed by atoms with Crippen molar-refractivity contribution in [1.82, 2.24) is 5.32 Å². The molecule has 1 N–H and O–H groups in total. The average molecular weight is 482 g/mol. The molecular formula is C26H24ClNO6. The summed E-state index contributed by atoms with van der Waals surface area (Å²) in [6.45, 7) is -0.460. The van der Waals surface area contributed by atoms with Crippen LogP contribution in [0.15, 0.2) is 72.8 Å². The van der Waals surface area contributed by atoms with Gasteiger partial charge in [-0.3, -0.25) is 9.59 Å². The maximum atomic E-state index is 12.9. The highest BCUT2D eigenvalue weighted by Gasteiger charge is 2.25. The summed E-state index contributed by atoms with van der Waals surface area (Å²) < 4.78 is 15.7. The molecule has 0 aliphatic rings. The molecule has 0 saturated heterocycles. The molecule has 3 aromatic carbocycles. The van der Waals surface area contributed by atoms with Crippen LogP contribution in [0.5, 0.6) is 11.5 Å². The van der Waals surface area contributed by atoms with E-state index in [0.717, 1.165) is 5.56 Å². The van der Waals surface area contributed by atoms with E-state index in [1.165, 1.54) is 20.3 Å². The van der Waals surface area contributed by atoms with Crippen LogP contribution in [0.2, 0.25) is 5.02 Å². The van der Waals surface area contributed by atoms with E-state index in [0.29, 0.717) is 22.1 Å². The number of benzene rings is 3. The average Bonchev–Trinajstić information content (AvgIpc) is 2.87. The minimum atomic E-state index is -1.01. The minimum Gasteiger partial charge on any atom is -0.493 e. The molecule has 8 heteroatoms. The highest BCUT2D eigenvalue weighted by atomic mass is 35.5. The molecule has 0 aliphatic heterocycles. The molecule has 3 aromatic rings.